The second-order valence-electron chi connectivity index (χ2n) is 6.73. The zero-order valence-electron chi connectivity index (χ0n) is 16.3. The van der Waals surface area contributed by atoms with Crippen LogP contribution in [0.25, 0.3) is 0 Å². The van der Waals surface area contributed by atoms with Crippen LogP contribution in [0.5, 0.6) is 17.2 Å². The predicted molar refractivity (Wildman–Crippen MR) is 103 cm³/mol. The van der Waals surface area contributed by atoms with Gasteiger partial charge in [-0.05, 0) is 61.2 Å². The summed E-state index contributed by atoms with van der Waals surface area (Å²) >= 11 is 0. The smallest absolute Gasteiger partial charge is 0.247 e. The van der Waals surface area contributed by atoms with Gasteiger partial charge in [0.05, 0.1) is 21.3 Å². The van der Waals surface area contributed by atoms with Crippen molar-refractivity contribution in [3.63, 3.8) is 0 Å². The number of nitrogens with zero attached hydrogens (tertiary/aromatic N) is 1. The molecular weight excluding hydrogens is 366 g/mol. The third-order valence-corrected chi connectivity index (χ3v) is 6.93. The Morgan fingerprint density at radius 3 is 2.11 bits per heavy atom. The van der Waals surface area contributed by atoms with E-state index in [0.717, 1.165) is 16.7 Å². The van der Waals surface area contributed by atoms with E-state index in [1.54, 1.807) is 26.4 Å². The zero-order chi connectivity index (χ0) is 19.8. The number of hydrogen-bond acceptors (Lipinski definition) is 5. The Labute approximate surface area is 160 Å². The molecule has 0 aromatic heterocycles. The van der Waals surface area contributed by atoms with Gasteiger partial charge in [-0.25, -0.2) is 8.42 Å². The van der Waals surface area contributed by atoms with Gasteiger partial charge in [0.25, 0.3) is 0 Å². The molecule has 1 atom stereocenters. The molecule has 6 nitrogen and oxygen atoms in total. The molecule has 0 fully saturated rings. The van der Waals surface area contributed by atoms with Crippen LogP contribution in [0.3, 0.4) is 0 Å². The van der Waals surface area contributed by atoms with Gasteiger partial charge in [-0.15, -0.1) is 0 Å². The predicted octanol–water partition coefficient (Wildman–Crippen LogP) is 3.16. The number of fused-ring (bicyclic) bond motifs is 1. The van der Waals surface area contributed by atoms with E-state index in [1.807, 2.05) is 32.0 Å². The summed E-state index contributed by atoms with van der Waals surface area (Å²) in [5.74, 6) is 1.60. The van der Waals surface area contributed by atoms with Crippen molar-refractivity contribution in [3.8, 4) is 17.2 Å². The molecule has 1 aliphatic heterocycles. The van der Waals surface area contributed by atoms with Crippen molar-refractivity contribution >= 4 is 10.0 Å². The minimum Gasteiger partial charge on any atom is -0.495 e. The number of benzene rings is 2. The first-order valence-electron chi connectivity index (χ1n) is 8.72. The van der Waals surface area contributed by atoms with Crippen LogP contribution in [0, 0.1) is 6.92 Å². The number of ether oxygens (including phenoxy) is 3. The van der Waals surface area contributed by atoms with Gasteiger partial charge in [-0.3, -0.25) is 0 Å². The van der Waals surface area contributed by atoms with E-state index in [-0.39, 0.29) is 17.5 Å². The molecule has 0 N–H and O–H groups in total. The second-order valence-corrected chi connectivity index (χ2v) is 8.59. The van der Waals surface area contributed by atoms with Crippen molar-refractivity contribution < 1.29 is 22.6 Å². The van der Waals surface area contributed by atoms with Gasteiger partial charge >= 0.3 is 0 Å². The quantitative estimate of drug-likeness (QED) is 0.783. The molecule has 0 radical (unpaired) electrons. The van der Waals surface area contributed by atoms with Gasteiger partial charge in [-0.1, -0.05) is 6.07 Å². The van der Waals surface area contributed by atoms with E-state index < -0.39 is 10.0 Å². The minimum atomic E-state index is -3.72. The molecule has 0 saturated heterocycles. The van der Waals surface area contributed by atoms with Crippen LogP contribution in [0.2, 0.25) is 0 Å². The largest absolute Gasteiger partial charge is 0.495 e. The molecule has 1 heterocycles. The highest BCUT2D eigenvalue weighted by molar-refractivity contribution is 7.89. The fraction of sp³-hybridized carbons (Fsp3) is 0.400. The summed E-state index contributed by atoms with van der Waals surface area (Å²) in [5.41, 5.74) is 2.86. The van der Waals surface area contributed by atoms with Gasteiger partial charge in [0.15, 0.2) is 11.5 Å². The third kappa shape index (κ3) is 3.49. The average Bonchev–Trinajstić information content (AvgIpc) is 2.66. The van der Waals surface area contributed by atoms with E-state index in [4.69, 9.17) is 14.2 Å². The van der Waals surface area contributed by atoms with E-state index >= 15 is 0 Å². The Kier molecular flexibility index (Phi) is 5.35. The van der Waals surface area contributed by atoms with E-state index in [1.165, 1.54) is 11.4 Å². The molecule has 2 aromatic carbocycles. The zero-order valence-corrected chi connectivity index (χ0v) is 17.1. The number of methoxy groups -OCH3 is 3. The van der Waals surface area contributed by atoms with Gasteiger partial charge in [0.2, 0.25) is 10.0 Å². The molecule has 146 valence electrons. The number of sulfonamides is 1. The van der Waals surface area contributed by atoms with Crippen molar-refractivity contribution in [1.29, 1.82) is 0 Å². The van der Waals surface area contributed by atoms with E-state index in [2.05, 4.69) is 0 Å². The van der Waals surface area contributed by atoms with E-state index in [9.17, 15) is 8.42 Å². The highest BCUT2D eigenvalue weighted by atomic mass is 32.2. The molecule has 0 spiro atoms. The Morgan fingerprint density at radius 1 is 0.926 bits per heavy atom. The van der Waals surface area contributed by atoms with Gasteiger partial charge in [0.1, 0.15) is 10.6 Å². The summed E-state index contributed by atoms with van der Waals surface area (Å²) in [6.07, 6.45) is 0.600. The molecular formula is C20H25NO5S. The molecule has 0 saturated carbocycles. The first-order valence-corrected chi connectivity index (χ1v) is 10.2. The first kappa shape index (κ1) is 19.5. The first-order chi connectivity index (χ1) is 12.8. The third-order valence-electron chi connectivity index (χ3n) is 4.94. The Morgan fingerprint density at radius 2 is 1.52 bits per heavy atom. The highest BCUT2D eigenvalue weighted by Gasteiger charge is 2.35. The van der Waals surface area contributed by atoms with Crippen LogP contribution < -0.4 is 14.2 Å². The Hall–Kier alpha value is -2.25. The van der Waals surface area contributed by atoms with Crippen LogP contribution in [0.15, 0.2) is 35.2 Å². The lowest BCUT2D eigenvalue weighted by molar-refractivity contribution is 0.303. The van der Waals surface area contributed by atoms with Crippen molar-refractivity contribution in [3.05, 3.63) is 47.0 Å². The fourth-order valence-corrected chi connectivity index (χ4v) is 5.33. The van der Waals surface area contributed by atoms with Crippen LogP contribution in [-0.2, 0) is 23.0 Å². The SMILES string of the molecule is COc1cc2c(cc1OC)CN(S(=O)(=O)c1cc(C)ccc1OC)C(C)C2. The van der Waals surface area contributed by atoms with Gasteiger partial charge in [-0.2, -0.15) is 4.31 Å². The molecule has 1 aliphatic rings. The van der Waals surface area contributed by atoms with Crippen molar-refractivity contribution in [2.24, 2.45) is 0 Å². The summed E-state index contributed by atoms with van der Waals surface area (Å²) in [6, 6.07) is 8.79. The maximum absolute atomic E-state index is 13.4. The molecule has 3 rings (SSSR count). The number of rotatable bonds is 5. The normalized spacial score (nSPS) is 17.3. The lowest BCUT2D eigenvalue weighted by atomic mass is 9.96. The lowest BCUT2D eigenvalue weighted by Crippen LogP contribution is -2.42. The van der Waals surface area contributed by atoms with Crippen LogP contribution in [0.4, 0.5) is 0 Å². The second kappa shape index (κ2) is 7.40. The van der Waals surface area contributed by atoms with Crippen molar-refractivity contribution in [2.45, 2.75) is 37.8 Å². The maximum Gasteiger partial charge on any atom is 0.247 e. The highest BCUT2D eigenvalue weighted by Crippen LogP contribution is 2.37. The van der Waals surface area contributed by atoms with Crippen LogP contribution in [-0.4, -0.2) is 40.1 Å². The maximum atomic E-state index is 13.4. The average molecular weight is 391 g/mol. The summed E-state index contributed by atoms with van der Waals surface area (Å²) < 4.78 is 44.4. The lowest BCUT2D eigenvalue weighted by Gasteiger charge is -2.34. The van der Waals surface area contributed by atoms with Crippen LogP contribution >= 0.6 is 0 Å². The number of hydrogen-bond donors (Lipinski definition) is 0. The van der Waals surface area contributed by atoms with Crippen molar-refractivity contribution in [2.75, 3.05) is 21.3 Å². The topological polar surface area (TPSA) is 65.1 Å². The molecule has 1 unspecified atom stereocenters. The van der Waals surface area contributed by atoms with Gasteiger partial charge < -0.3 is 14.2 Å². The van der Waals surface area contributed by atoms with Crippen LogP contribution in [0.1, 0.15) is 23.6 Å². The standard InChI is InChI=1S/C20H25NO5S/c1-13-6-7-17(24-3)20(8-13)27(22,23)21-12-16-11-19(26-5)18(25-4)10-15(16)9-14(21)2/h6-8,10-11,14H,9,12H2,1-5H3. The molecule has 0 amide bonds. The Bertz CT molecular complexity index is 955. The Balaban J connectivity index is 2.05. The van der Waals surface area contributed by atoms with Crippen molar-refractivity contribution in [1.82, 2.24) is 4.31 Å². The molecule has 27 heavy (non-hydrogen) atoms. The summed E-state index contributed by atoms with van der Waals surface area (Å²) in [5, 5.41) is 0. The van der Waals surface area contributed by atoms with E-state index in [0.29, 0.717) is 23.7 Å². The summed E-state index contributed by atoms with van der Waals surface area (Å²) in [4.78, 5) is 0.195. The fourth-order valence-electron chi connectivity index (χ4n) is 3.48. The molecule has 0 aliphatic carbocycles. The minimum absolute atomic E-state index is 0.189. The monoisotopic (exact) mass is 391 g/mol. The summed E-state index contributed by atoms with van der Waals surface area (Å²) in [7, 11) is 0.929. The van der Waals surface area contributed by atoms with Gasteiger partial charge in [0, 0.05) is 12.6 Å². The molecule has 7 heteroatoms. The number of aryl methyl sites for hydroxylation is 1. The molecule has 0 bridgehead atoms. The summed E-state index contributed by atoms with van der Waals surface area (Å²) in [6.45, 7) is 4.06. The molecule has 2 aromatic rings.